The zero-order valence-electron chi connectivity index (χ0n) is 12.1. The van der Waals surface area contributed by atoms with Crippen LogP contribution in [-0.2, 0) is 13.0 Å². The first-order valence-corrected chi connectivity index (χ1v) is 6.90. The van der Waals surface area contributed by atoms with E-state index in [9.17, 15) is 0 Å². The zero-order valence-corrected chi connectivity index (χ0v) is 12.1. The van der Waals surface area contributed by atoms with Crippen molar-refractivity contribution in [3.05, 3.63) is 66.8 Å². The lowest BCUT2D eigenvalue weighted by atomic mass is 10.0. The Balaban J connectivity index is 2.07. The van der Waals surface area contributed by atoms with Crippen LogP contribution in [0.3, 0.4) is 0 Å². The molecule has 105 valence electrons. The Kier molecular flexibility index (Phi) is 5.05. The van der Waals surface area contributed by atoms with Gasteiger partial charge in [0.15, 0.2) is 11.5 Å². The molecule has 0 heterocycles. The first-order chi connectivity index (χ1) is 9.69. The van der Waals surface area contributed by atoms with Gasteiger partial charge in [-0.05, 0) is 35.6 Å². The average Bonchev–Trinajstić information content (AvgIpc) is 2.46. The molecule has 0 aliphatic rings. The lowest BCUT2D eigenvalue weighted by Crippen LogP contribution is -1.99. The normalized spacial score (nSPS) is 10.6. The van der Waals surface area contributed by atoms with Gasteiger partial charge in [-0.1, -0.05) is 50.2 Å². The zero-order chi connectivity index (χ0) is 14.4. The van der Waals surface area contributed by atoms with Gasteiger partial charge in [-0.2, -0.15) is 0 Å². The third kappa shape index (κ3) is 4.02. The maximum atomic E-state index is 5.81. The molecule has 0 atom stereocenters. The van der Waals surface area contributed by atoms with Crippen LogP contribution in [-0.4, -0.2) is 0 Å². The van der Waals surface area contributed by atoms with Crippen molar-refractivity contribution in [2.75, 3.05) is 0 Å². The molecule has 2 aromatic rings. The van der Waals surface area contributed by atoms with E-state index >= 15 is 0 Å². The summed E-state index contributed by atoms with van der Waals surface area (Å²) >= 11 is 0. The van der Waals surface area contributed by atoms with Crippen molar-refractivity contribution in [3.63, 3.8) is 0 Å². The van der Waals surface area contributed by atoms with E-state index in [1.807, 2.05) is 42.5 Å². The Morgan fingerprint density at radius 1 is 0.950 bits per heavy atom. The van der Waals surface area contributed by atoms with Crippen molar-refractivity contribution in [3.8, 4) is 11.5 Å². The van der Waals surface area contributed by atoms with E-state index in [2.05, 4.69) is 27.0 Å². The van der Waals surface area contributed by atoms with E-state index in [0.29, 0.717) is 18.3 Å². The molecule has 0 unspecified atom stereocenters. The van der Waals surface area contributed by atoms with Gasteiger partial charge >= 0.3 is 0 Å². The molecule has 0 fully saturated rings. The predicted molar refractivity (Wildman–Crippen MR) is 81.7 cm³/mol. The Labute approximate surface area is 121 Å². The van der Waals surface area contributed by atoms with Crippen LogP contribution in [0.15, 0.2) is 48.5 Å². The summed E-state index contributed by atoms with van der Waals surface area (Å²) in [5.74, 6) is 2.04. The lowest BCUT2D eigenvalue weighted by molar-refractivity contribution is 0.290. The van der Waals surface area contributed by atoms with Gasteiger partial charge in [-0.3, -0.25) is 0 Å². The summed E-state index contributed by atoms with van der Waals surface area (Å²) in [7, 11) is 3.51. The van der Waals surface area contributed by atoms with Gasteiger partial charge in [-0.15, -0.1) is 0 Å². The summed E-state index contributed by atoms with van der Waals surface area (Å²) in [4.78, 5) is 0. The smallest absolute Gasteiger partial charge is 0.161 e. The molecule has 0 spiro atoms. The second-order valence-electron chi connectivity index (χ2n) is 5.30. The molecular formula is C18H21O2. The largest absolute Gasteiger partial charge is 0.486 e. The molecule has 0 aliphatic heterocycles. The fourth-order valence-electron chi connectivity index (χ4n) is 2.12. The van der Waals surface area contributed by atoms with E-state index < -0.39 is 0 Å². The van der Waals surface area contributed by atoms with Crippen LogP contribution < -0.4 is 9.47 Å². The second-order valence-corrected chi connectivity index (χ2v) is 5.30. The standard InChI is InChI=1S/C18H21O2/c1-14(2)11-16-9-10-17(18(12-16)19-3)20-13-15-7-5-4-6-8-15/h4-10,12,14H,3,11,13H2,1-2H3. The minimum absolute atomic E-state index is 0.528. The van der Waals surface area contributed by atoms with Crippen LogP contribution in [0, 0.1) is 13.0 Å². The molecule has 20 heavy (non-hydrogen) atoms. The summed E-state index contributed by atoms with van der Waals surface area (Å²) in [5.41, 5.74) is 2.37. The summed E-state index contributed by atoms with van der Waals surface area (Å²) in [6, 6.07) is 16.1. The summed E-state index contributed by atoms with van der Waals surface area (Å²) in [6.07, 6.45) is 1.02. The van der Waals surface area contributed by atoms with Crippen LogP contribution in [0.25, 0.3) is 0 Å². The third-order valence-corrected chi connectivity index (χ3v) is 3.04. The van der Waals surface area contributed by atoms with Crippen LogP contribution in [0.2, 0.25) is 0 Å². The molecule has 0 aromatic heterocycles. The van der Waals surface area contributed by atoms with Gasteiger partial charge in [0, 0.05) is 0 Å². The third-order valence-electron chi connectivity index (χ3n) is 3.04. The first kappa shape index (κ1) is 14.4. The fraction of sp³-hybridized carbons (Fsp3) is 0.278. The van der Waals surface area contributed by atoms with Gasteiger partial charge in [0.25, 0.3) is 0 Å². The maximum Gasteiger partial charge on any atom is 0.161 e. The second kappa shape index (κ2) is 6.99. The van der Waals surface area contributed by atoms with Gasteiger partial charge in [0.05, 0.1) is 0 Å². The predicted octanol–water partition coefficient (Wildman–Crippen LogP) is 4.63. The highest BCUT2D eigenvalue weighted by Gasteiger charge is 2.07. The molecule has 0 aliphatic carbocycles. The van der Waals surface area contributed by atoms with Crippen LogP contribution in [0.1, 0.15) is 25.0 Å². The molecule has 0 bridgehead atoms. The molecule has 0 N–H and O–H groups in total. The Morgan fingerprint density at radius 2 is 1.70 bits per heavy atom. The highest BCUT2D eigenvalue weighted by atomic mass is 16.5. The van der Waals surface area contributed by atoms with E-state index in [1.165, 1.54) is 5.56 Å². The number of ether oxygens (including phenoxy) is 2. The van der Waals surface area contributed by atoms with Crippen LogP contribution >= 0.6 is 0 Å². The molecule has 2 heteroatoms. The quantitative estimate of drug-likeness (QED) is 0.761. The number of hydrogen-bond donors (Lipinski definition) is 0. The van der Waals surface area contributed by atoms with Crippen molar-refractivity contribution >= 4 is 0 Å². The molecule has 2 nitrogen and oxygen atoms in total. The van der Waals surface area contributed by atoms with Crippen LogP contribution in [0.5, 0.6) is 11.5 Å². The Morgan fingerprint density at radius 3 is 2.35 bits per heavy atom. The van der Waals surface area contributed by atoms with Gasteiger partial charge in [-0.25, -0.2) is 0 Å². The first-order valence-electron chi connectivity index (χ1n) is 6.90. The average molecular weight is 269 g/mol. The Hall–Kier alpha value is -1.96. The van der Waals surface area contributed by atoms with Gasteiger partial charge in [0.1, 0.15) is 13.7 Å². The highest BCUT2D eigenvalue weighted by Crippen LogP contribution is 2.29. The van der Waals surface area contributed by atoms with E-state index in [1.54, 1.807) is 0 Å². The monoisotopic (exact) mass is 269 g/mol. The number of benzene rings is 2. The lowest BCUT2D eigenvalue weighted by Gasteiger charge is -2.13. The van der Waals surface area contributed by atoms with Gasteiger partial charge in [0.2, 0.25) is 0 Å². The SMILES string of the molecule is [CH2]Oc1cc(CC(C)C)ccc1OCc1ccccc1. The van der Waals surface area contributed by atoms with Crippen molar-refractivity contribution in [2.24, 2.45) is 5.92 Å². The molecule has 1 radical (unpaired) electrons. The molecule has 2 rings (SSSR count). The summed E-state index contributed by atoms with van der Waals surface area (Å²) in [6.45, 7) is 4.93. The van der Waals surface area contributed by atoms with Gasteiger partial charge < -0.3 is 9.47 Å². The van der Waals surface area contributed by atoms with Crippen molar-refractivity contribution in [1.29, 1.82) is 0 Å². The fourth-order valence-corrected chi connectivity index (χ4v) is 2.12. The minimum Gasteiger partial charge on any atom is -0.486 e. The van der Waals surface area contributed by atoms with Crippen molar-refractivity contribution in [1.82, 2.24) is 0 Å². The highest BCUT2D eigenvalue weighted by molar-refractivity contribution is 5.43. The number of rotatable bonds is 6. The molecular weight excluding hydrogens is 248 g/mol. The van der Waals surface area contributed by atoms with E-state index in [-0.39, 0.29) is 0 Å². The molecule has 0 saturated heterocycles. The maximum absolute atomic E-state index is 5.81. The molecule has 2 aromatic carbocycles. The van der Waals surface area contributed by atoms with E-state index in [0.717, 1.165) is 17.7 Å². The minimum atomic E-state index is 0.528. The van der Waals surface area contributed by atoms with E-state index in [4.69, 9.17) is 9.47 Å². The number of hydrogen-bond acceptors (Lipinski definition) is 2. The topological polar surface area (TPSA) is 18.5 Å². The van der Waals surface area contributed by atoms with Crippen molar-refractivity contribution < 1.29 is 9.47 Å². The summed E-state index contributed by atoms with van der Waals surface area (Å²) in [5, 5.41) is 0. The van der Waals surface area contributed by atoms with Crippen molar-refractivity contribution in [2.45, 2.75) is 26.9 Å². The molecule has 0 amide bonds. The van der Waals surface area contributed by atoms with Crippen LogP contribution in [0.4, 0.5) is 0 Å². The Bertz CT molecular complexity index is 532. The summed E-state index contributed by atoms with van der Waals surface area (Å²) < 4.78 is 11.0. The molecule has 0 saturated carbocycles.